The third-order valence-corrected chi connectivity index (χ3v) is 15.1. The van der Waals surface area contributed by atoms with Crippen molar-refractivity contribution in [3.8, 4) is 0 Å². The largest absolute Gasteiger partial charge is 0.480 e. The molecule has 2 aromatic rings. The minimum atomic E-state index is -1.19. The van der Waals surface area contributed by atoms with Crippen molar-refractivity contribution < 1.29 is 53.1 Å². The molecule has 0 saturated carbocycles. The zero-order valence-electron chi connectivity index (χ0n) is 46.8. The first-order valence-corrected chi connectivity index (χ1v) is 29.2. The quantitative estimate of drug-likeness (QED) is 0.0550. The number of H-pyrrole nitrogens is 1. The molecule has 0 bridgehead atoms. The van der Waals surface area contributed by atoms with Crippen LogP contribution in [0.25, 0.3) is 0 Å². The Kier molecular flexibility index (Phi) is 24.6. The summed E-state index contributed by atoms with van der Waals surface area (Å²) >= 11 is 1.48. The van der Waals surface area contributed by atoms with Crippen LogP contribution in [0, 0.1) is 17.8 Å². The van der Waals surface area contributed by atoms with E-state index in [0.29, 0.717) is 37.1 Å². The Morgan fingerprint density at radius 2 is 1.11 bits per heavy atom. The average molecular weight is 1120 g/mol. The Labute approximate surface area is 467 Å². The van der Waals surface area contributed by atoms with Crippen LogP contribution in [0.5, 0.6) is 0 Å². The SMILES string of the molecule is CSCC[C@H](NC(=O)[C@H](CC(C)C)NC(=O)[C@@H](N)Cc1cnc[nH]1)C(=O)N1CCC[C@H]1C(=O)N[C@@H](Cc1ccccc1)C(=O)N1CCC[C@H]1C(=O)NCC(=O)N1CCC[C@H]1C(=O)N[C@@H](CC(C)C)C(=O)N[C@@H](CC(C)C)C(=O)O. The molecule has 79 heavy (non-hydrogen) atoms. The maximum Gasteiger partial charge on any atom is 0.326 e. The summed E-state index contributed by atoms with van der Waals surface area (Å²) < 4.78 is 0. The van der Waals surface area contributed by atoms with Gasteiger partial charge in [-0.05, 0) is 99.5 Å². The monoisotopic (exact) mass is 1120 g/mol. The number of aromatic amines is 1. The van der Waals surface area contributed by atoms with Crippen LogP contribution in [-0.4, -0.2) is 181 Å². The van der Waals surface area contributed by atoms with Gasteiger partial charge in [-0.25, -0.2) is 9.78 Å². The molecule has 3 fully saturated rings. The number of likely N-dealkylation sites (tertiary alicyclic amines) is 3. The molecule has 10 N–H and O–H groups in total. The summed E-state index contributed by atoms with van der Waals surface area (Å²) in [7, 11) is 0. The van der Waals surface area contributed by atoms with E-state index in [1.54, 1.807) is 18.3 Å². The summed E-state index contributed by atoms with van der Waals surface area (Å²) in [5, 5.41) is 26.3. The van der Waals surface area contributed by atoms with Gasteiger partial charge in [-0.1, -0.05) is 71.9 Å². The highest BCUT2D eigenvalue weighted by Crippen LogP contribution is 2.24. The summed E-state index contributed by atoms with van der Waals surface area (Å²) in [6.45, 7) is 11.4. The number of carbonyl (C=O) groups excluding carboxylic acids is 9. The highest BCUT2D eigenvalue weighted by molar-refractivity contribution is 7.98. The molecule has 436 valence electrons. The number of aromatic nitrogens is 2. The smallest absolute Gasteiger partial charge is 0.326 e. The molecule has 3 aliphatic heterocycles. The van der Waals surface area contributed by atoms with Gasteiger partial charge in [0.1, 0.15) is 48.3 Å². The van der Waals surface area contributed by atoms with Gasteiger partial charge in [-0.2, -0.15) is 11.8 Å². The molecule has 0 radical (unpaired) electrons. The van der Waals surface area contributed by atoms with Crippen LogP contribution in [0.4, 0.5) is 0 Å². The van der Waals surface area contributed by atoms with Crippen molar-refractivity contribution in [1.82, 2.24) is 56.6 Å². The molecule has 9 amide bonds. The summed E-state index contributed by atoms with van der Waals surface area (Å²) in [6, 6.07) is -0.263. The van der Waals surface area contributed by atoms with Gasteiger partial charge in [0.05, 0.1) is 18.9 Å². The van der Waals surface area contributed by atoms with E-state index in [1.807, 2.05) is 66.0 Å². The Balaban J connectivity index is 1.24. The van der Waals surface area contributed by atoms with Crippen LogP contribution >= 0.6 is 11.8 Å². The van der Waals surface area contributed by atoms with E-state index in [4.69, 9.17) is 5.73 Å². The maximum absolute atomic E-state index is 14.7. The lowest BCUT2D eigenvalue weighted by molar-refractivity contribution is -0.145. The summed E-state index contributed by atoms with van der Waals surface area (Å²) in [5.41, 5.74) is 7.58. The Bertz CT molecular complexity index is 2410. The molecule has 9 atom stereocenters. The number of rotatable bonds is 29. The first-order valence-electron chi connectivity index (χ1n) is 27.8. The van der Waals surface area contributed by atoms with Crippen LogP contribution in [0.3, 0.4) is 0 Å². The van der Waals surface area contributed by atoms with E-state index >= 15 is 0 Å². The molecule has 0 unspecified atom stereocenters. The van der Waals surface area contributed by atoms with E-state index in [1.165, 1.54) is 32.8 Å². The van der Waals surface area contributed by atoms with Crippen molar-refractivity contribution in [2.75, 3.05) is 38.2 Å². The third kappa shape index (κ3) is 18.8. The minimum Gasteiger partial charge on any atom is -0.480 e. The van der Waals surface area contributed by atoms with Gasteiger partial charge in [0.2, 0.25) is 53.2 Å². The summed E-state index contributed by atoms with van der Waals surface area (Å²) in [5.74, 6) is -5.79. The topological polar surface area (TPSA) is 328 Å². The standard InChI is InChI=1S/C55H84N12O11S/c1-32(2)24-39(61-47(69)37(56)28-36-29-57-31-59-36)48(70)60-38(19-23-79-7)53(75)67-22-13-18-45(67)52(74)63-41(27-35-14-9-8-10-15-35)54(76)66-21-12-16-43(66)50(72)58-30-46(68)65-20-11-17-44(65)51(73)62-40(25-33(3)4)49(71)64-42(55(77)78)26-34(5)6/h8-10,14-15,29,31-34,37-45H,11-13,16-28,30,56H2,1-7H3,(H,57,59)(H,58,72)(H,60,70)(H,61,69)(H,62,73)(H,63,74)(H,64,71)(H,77,78)/t37-,38-,39-,40-,41-,42-,43-,44-,45-/m0/s1. The van der Waals surface area contributed by atoms with Crippen molar-refractivity contribution in [2.24, 2.45) is 23.5 Å². The number of thioether (sulfide) groups is 1. The molecule has 1 aromatic carbocycles. The molecule has 0 spiro atoms. The van der Waals surface area contributed by atoms with E-state index in [-0.39, 0.29) is 88.8 Å². The van der Waals surface area contributed by atoms with Gasteiger partial charge >= 0.3 is 5.97 Å². The fourth-order valence-corrected chi connectivity index (χ4v) is 10.9. The number of nitrogens with one attached hydrogen (secondary N) is 7. The number of hydrogen-bond acceptors (Lipinski definition) is 13. The van der Waals surface area contributed by atoms with Gasteiger partial charge in [-0.3, -0.25) is 43.2 Å². The number of carboxylic acids is 1. The fourth-order valence-electron chi connectivity index (χ4n) is 10.5. The van der Waals surface area contributed by atoms with Gasteiger partial charge in [-0.15, -0.1) is 0 Å². The van der Waals surface area contributed by atoms with Crippen LogP contribution in [-0.2, 0) is 60.8 Å². The lowest BCUT2D eigenvalue weighted by Crippen LogP contribution is -2.59. The summed E-state index contributed by atoms with van der Waals surface area (Å²) in [6.07, 6.45) is 8.35. The molecule has 5 rings (SSSR count). The second-order valence-electron chi connectivity index (χ2n) is 22.2. The highest BCUT2D eigenvalue weighted by Gasteiger charge is 2.43. The van der Waals surface area contributed by atoms with Gasteiger partial charge < -0.3 is 62.4 Å². The zero-order valence-corrected chi connectivity index (χ0v) is 47.6. The van der Waals surface area contributed by atoms with E-state index in [0.717, 1.165) is 5.56 Å². The number of amides is 9. The lowest BCUT2D eigenvalue weighted by Gasteiger charge is -2.32. The van der Waals surface area contributed by atoms with Crippen LogP contribution < -0.4 is 37.6 Å². The first-order chi connectivity index (χ1) is 37.6. The van der Waals surface area contributed by atoms with Crippen molar-refractivity contribution >= 4 is 70.9 Å². The minimum absolute atomic E-state index is 0.0148. The maximum atomic E-state index is 14.7. The molecule has 3 saturated heterocycles. The zero-order chi connectivity index (χ0) is 57.9. The lowest BCUT2D eigenvalue weighted by atomic mass is 10.00. The second-order valence-corrected chi connectivity index (χ2v) is 23.2. The van der Waals surface area contributed by atoms with Crippen molar-refractivity contribution in [2.45, 2.75) is 173 Å². The first kappa shape index (κ1) is 63.3. The molecule has 1 aromatic heterocycles. The van der Waals surface area contributed by atoms with Crippen molar-refractivity contribution in [3.63, 3.8) is 0 Å². The molecular weight excluding hydrogens is 1040 g/mol. The van der Waals surface area contributed by atoms with Crippen molar-refractivity contribution in [1.29, 1.82) is 0 Å². The van der Waals surface area contributed by atoms with Crippen molar-refractivity contribution in [3.05, 3.63) is 54.1 Å². The van der Waals surface area contributed by atoms with Gasteiger partial charge in [0.25, 0.3) is 0 Å². The normalized spacial score (nSPS) is 19.5. The van der Waals surface area contributed by atoms with Gasteiger partial charge in [0.15, 0.2) is 0 Å². The van der Waals surface area contributed by atoms with E-state index < -0.39 is 120 Å². The fraction of sp³-hybridized carbons (Fsp3) is 0.655. The number of nitrogens with zero attached hydrogens (tertiary/aromatic N) is 4. The average Bonchev–Trinajstić information content (AvgIpc) is 4.28. The van der Waals surface area contributed by atoms with Gasteiger partial charge in [0, 0.05) is 44.4 Å². The highest BCUT2D eigenvalue weighted by atomic mass is 32.2. The summed E-state index contributed by atoms with van der Waals surface area (Å²) in [4.78, 5) is 149. The number of carboxylic acid groups (broad SMARTS) is 1. The predicted octanol–water partition coefficient (Wildman–Crippen LogP) is 1.01. The number of imidazole rings is 1. The number of carbonyl (C=O) groups is 10. The van der Waals surface area contributed by atoms with E-state index in [9.17, 15) is 53.1 Å². The number of hydrogen-bond donors (Lipinski definition) is 9. The molecule has 0 aliphatic carbocycles. The number of aliphatic carboxylic acids is 1. The van der Waals surface area contributed by atoms with Crippen LogP contribution in [0.1, 0.15) is 117 Å². The van der Waals surface area contributed by atoms with Crippen LogP contribution in [0.15, 0.2) is 42.9 Å². The second kappa shape index (κ2) is 30.7. The molecule has 24 heteroatoms. The number of nitrogens with two attached hydrogens (primary N) is 1. The van der Waals surface area contributed by atoms with Crippen LogP contribution in [0.2, 0.25) is 0 Å². The Morgan fingerprint density at radius 1 is 0.633 bits per heavy atom. The predicted molar refractivity (Wildman–Crippen MR) is 296 cm³/mol. The van der Waals surface area contributed by atoms with E-state index in [2.05, 4.69) is 41.9 Å². The number of benzene rings is 1. The molecule has 4 heterocycles. The molecular formula is C55H84N12O11S. The third-order valence-electron chi connectivity index (χ3n) is 14.4. The Hall–Kier alpha value is -6.56. The molecule has 23 nitrogen and oxygen atoms in total. The molecule has 3 aliphatic rings. The Morgan fingerprint density at radius 3 is 1.65 bits per heavy atom.